The zero-order valence-corrected chi connectivity index (χ0v) is 13.2. The van der Waals surface area contributed by atoms with Crippen LogP contribution in [0.5, 0.6) is 0 Å². The van der Waals surface area contributed by atoms with E-state index in [2.05, 4.69) is 49.1 Å². The van der Waals surface area contributed by atoms with Crippen LogP contribution in [0.1, 0.15) is 58.1 Å². The lowest BCUT2D eigenvalue weighted by Crippen LogP contribution is -2.63. The van der Waals surface area contributed by atoms with Crippen molar-refractivity contribution in [3.05, 3.63) is 24.0 Å². The molecule has 4 fully saturated rings. The molecule has 2 heteroatoms. The van der Waals surface area contributed by atoms with Gasteiger partial charge in [-0.1, -0.05) is 13.8 Å². The van der Waals surface area contributed by atoms with Crippen molar-refractivity contribution in [1.82, 2.24) is 9.88 Å². The minimum absolute atomic E-state index is 0.424. The number of rotatable bonds is 3. The molecule has 2 unspecified atom stereocenters. The quantitative estimate of drug-likeness (QED) is 0.884. The molecule has 0 radical (unpaired) electrons. The van der Waals surface area contributed by atoms with E-state index in [0.29, 0.717) is 16.4 Å². The van der Waals surface area contributed by atoms with Crippen molar-refractivity contribution in [2.24, 2.45) is 23.8 Å². The molecule has 0 aromatic carbocycles. The normalized spacial score (nSPS) is 46.0. The second-order valence-electron chi connectivity index (χ2n) is 8.87. The predicted octanol–water partition coefficient (Wildman–Crippen LogP) is 3.86. The molecule has 4 aliphatic rings. The average molecular weight is 272 g/mol. The third kappa shape index (κ3) is 1.95. The van der Waals surface area contributed by atoms with Crippen LogP contribution in [0.15, 0.2) is 18.3 Å². The molecule has 0 aliphatic heterocycles. The van der Waals surface area contributed by atoms with Crippen molar-refractivity contribution in [1.29, 1.82) is 0 Å². The van der Waals surface area contributed by atoms with Gasteiger partial charge in [0.2, 0.25) is 0 Å². The molecule has 2 nitrogen and oxygen atoms in total. The summed E-state index contributed by atoms with van der Waals surface area (Å²) in [5.74, 6) is 0.974. The zero-order valence-electron chi connectivity index (χ0n) is 13.2. The molecule has 1 heterocycles. The number of nitrogens with zero attached hydrogens (tertiary/aromatic N) is 1. The van der Waals surface area contributed by atoms with Crippen molar-refractivity contribution in [2.45, 2.75) is 64.5 Å². The van der Waals surface area contributed by atoms with E-state index in [1.165, 1.54) is 44.2 Å². The Morgan fingerprint density at radius 1 is 1.15 bits per heavy atom. The summed E-state index contributed by atoms with van der Waals surface area (Å²) in [5, 5.41) is 4.00. The van der Waals surface area contributed by atoms with E-state index in [9.17, 15) is 0 Å². The van der Waals surface area contributed by atoms with E-state index in [4.69, 9.17) is 0 Å². The summed E-state index contributed by atoms with van der Waals surface area (Å²) in [5.41, 5.74) is 3.05. The van der Waals surface area contributed by atoms with Crippen molar-refractivity contribution in [3.63, 3.8) is 0 Å². The van der Waals surface area contributed by atoms with Crippen LogP contribution < -0.4 is 5.32 Å². The van der Waals surface area contributed by atoms with Crippen LogP contribution in [-0.2, 0) is 13.6 Å². The first-order valence-electron chi connectivity index (χ1n) is 8.25. The average Bonchev–Trinajstić information content (AvgIpc) is 2.67. The fourth-order valence-electron chi connectivity index (χ4n) is 6.60. The number of aromatic nitrogens is 1. The predicted molar refractivity (Wildman–Crippen MR) is 82.4 cm³/mol. The molecule has 4 aliphatic carbocycles. The molecule has 4 atom stereocenters. The maximum Gasteiger partial charge on any atom is 0.0364 e. The minimum atomic E-state index is 0.424. The molecule has 0 amide bonds. The van der Waals surface area contributed by atoms with E-state index in [1.54, 1.807) is 0 Å². The van der Waals surface area contributed by atoms with Gasteiger partial charge in [0.05, 0.1) is 0 Å². The molecule has 110 valence electrons. The second kappa shape index (κ2) is 3.91. The minimum Gasteiger partial charge on any atom is -0.353 e. The SMILES string of the molecule is Cn1cccc1CNC12CC3C[C@@](C)(C1)C[C@](C)(C3)C2. The van der Waals surface area contributed by atoms with E-state index < -0.39 is 0 Å². The Morgan fingerprint density at radius 3 is 2.40 bits per heavy atom. The maximum absolute atomic E-state index is 4.00. The Labute approximate surface area is 122 Å². The molecule has 20 heavy (non-hydrogen) atoms. The lowest BCUT2D eigenvalue weighted by molar-refractivity contribution is -0.118. The number of aryl methyl sites for hydroxylation is 1. The molecule has 0 saturated heterocycles. The van der Waals surface area contributed by atoms with Crippen LogP contribution in [-0.4, -0.2) is 10.1 Å². The first-order chi connectivity index (χ1) is 9.40. The lowest BCUT2D eigenvalue weighted by atomic mass is 9.43. The van der Waals surface area contributed by atoms with Gasteiger partial charge in [-0.15, -0.1) is 0 Å². The molecular weight excluding hydrogens is 244 g/mol. The van der Waals surface area contributed by atoms with Gasteiger partial charge in [-0.05, 0) is 67.4 Å². The Hall–Kier alpha value is -0.760. The Morgan fingerprint density at radius 2 is 1.85 bits per heavy atom. The topological polar surface area (TPSA) is 17.0 Å². The largest absolute Gasteiger partial charge is 0.353 e. The highest BCUT2D eigenvalue weighted by Crippen LogP contribution is 2.66. The summed E-state index contributed by atoms with van der Waals surface area (Å²) in [6, 6.07) is 4.40. The van der Waals surface area contributed by atoms with Gasteiger partial charge in [-0.2, -0.15) is 0 Å². The van der Waals surface area contributed by atoms with Crippen molar-refractivity contribution in [3.8, 4) is 0 Å². The first-order valence-corrected chi connectivity index (χ1v) is 8.25. The van der Waals surface area contributed by atoms with Crippen molar-refractivity contribution >= 4 is 0 Å². The maximum atomic E-state index is 4.00. The van der Waals surface area contributed by atoms with Gasteiger partial charge in [0.25, 0.3) is 0 Å². The Bertz CT molecular complexity index is 511. The molecule has 1 aromatic heterocycles. The Kier molecular flexibility index (Phi) is 2.53. The first kappa shape index (κ1) is 12.9. The number of nitrogens with one attached hydrogen (secondary N) is 1. The van der Waals surface area contributed by atoms with E-state index in [-0.39, 0.29) is 0 Å². The summed E-state index contributed by atoms with van der Waals surface area (Å²) in [4.78, 5) is 0. The van der Waals surface area contributed by atoms with Gasteiger partial charge in [0, 0.05) is 31.0 Å². The third-order valence-electron chi connectivity index (χ3n) is 6.32. The standard InChI is InChI=1S/C18H28N2/c1-16-7-14-8-17(2,11-16)13-18(9-14,12-16)19-10-15-5-4-6-20(15)3/h4-6,14,19H,7-13H2,1-3H3/t14?,16-,17+,18?. The van der Waals surface area contributed by atoms with E-state index >= 15 is 0 Å². The molecule has 4 bridgehead atoms. The summed E-state index contributed by atoms with van der Waals surface area (Å²) < 4.78 is 2.25. The van der Waals surface area contributed by atoms with E-state index in [0.717, 1.165) is 12.5 Å². The van der Waals surface area contributed by atoms with Crippen molar-refractivity contribution in [2.75, 3.05) is 0 Å². The molecule has 1 aromatic rings. The summed E-state index contributed by atoms with van der Waals surface area (Å²) >= 11 is 0. The lowest BCUT2D eigenvalue weighted by Gasteiger charge is -2.65. The number of hydrogen-bond donors (Lipinski definition) is 1. The summed E-state index contributed by atoms with van der Waals surface area (Å²) in [6.07, 6.45) is 10.8. The highest BCUT2D eigenvalue weighted by molar-refractivity contribution is 5.15. The zero-order chi connectivity index (χ0) is 14.0. The van der Waals surface area contributed by atoms with Gasteiger partial charge in [-0.25, -0.2) is 0 Å². The van der Waals surface area contributed by atoms with Gasteiger partial charge >= 0.3 is 0 Å². The molecule has 5 rings (SSSR count). The third-order valence-corrected chi connectivity index (χ3v) is 6.32. The summed E-state index contributed by atoms with van der Waals surface area (Å²) in [7, 11) is 2.15. The molecule has 4 saturated carbocycles. The Balaban J connectivity index is 1.56. The number of hydrogen-bond acceptors (Lipinski definition) is 1. The van der Waals surface area contributed by atoms with Crippen LogP contribution in [0.2, 0.25) is 0 Å². The van der Waals surface area contributed by atoms with Crippen LogP contribution >= 0.6 is 0 Å². The second-order valence-corrected chi connectivity index (χ2v) is 8.87. The highest BCUT2D eigenvalue weighted by Gasteiger charge is 2.59. The summed E-state index contributed by atoms with van der Waals surface area (Å²) in [6.45, 7) is 6.13. The van der Waals surface area contributed by atoms with Crippen LogP contribution in [0, 0.1) is 16.7 Å². The smallest absolute Gasteiger partial charge is 0.0364 e. The van der Waals surface area contributed by atoms with Gasteiger partial charge in [-0.3, -0.25) is 0 Å². The van der Waals surface area contributed by atoms with Gasteiger partial charge < -0.3 is 9.88 Å². The molecule has 1 N–H and O–H groups in total. The van der Waals surface area contributed by atoms with Crippen LogP contribution in [0.3, 0.4) is 0 Å². The van der Waals surface area contributed by atoms with Gasteiger partial charge in [0.1, 0.15) is 0 Å². The van der Waals surface area contributed by atoms with Crippen LogP contribution in [0.25, 0.3) is 0 Å². The fraction of sp³-hybridized carbons (Fsp3) is 0.778. The highest BCUT2D eigenvalue weighted by atomic mass is 15.0. The van der Waals surface area contributed by atoms with E-state index in [1.807, 2.05) is 0 Å². The monoisotopic (exact) mass is 272 g/mol. The molecular formula is C18H28N2. The molecule has 0 spiro atoms. The van der Waals surface area contributed by atoms with Crippen molar-refractivity contribution < 1.29 is 0 Å². The fourth-order valence-corrected chi connectivity index (χ4v) is 6.60. The van der Waals surface area contributed by atoms with Crippen LogP contribution in [0.4, 0.5) is 0 Å². The van der Waals surface area contributed by atoms with Gasteiger partial charge in [0.15, 0.2) is 0 Å².